The second-order valence-electron chi connectivity index (χ2n) is 3.21. The summed E-state index contributed by atoms with van der Waals surface area (Å²) in [4.78, 5) is 21.1. The molecular formula is C11H15N3O3. The van der Waals surface area contributed by atoms with Gasteiger partial charge in [-0.15, -0.1) is 6.58 Å². The van der Waals surface area contributed by atoms with Crippen molar-refractivity contribution in [1.29, 1.82) is 0 Å². The zero-order valence-electron chi connectivity index (χ0n) is 9.67. The predicted molar refractivity (Wildman–Crippen MR) is 62.9 cm³/mol. The summed E-state index contributed by atoms with van der Waals surface area (Å²) >= 11 is 0. The molecule has 0 aliphatic heterocycles. The van der Waals surface area contributed by atoms with Gasteiger partial charge in [0, 0.05) is 13.1 Å². The first-order chi connectivity index (χ1) is 8.22. The lowest BCUT2D eigenvalue weighted by atomic mass is 10.4. The van der Waals surface area contributed by atoms with Crippen LogP contribution < -0.4 is 4.90 Å². The number of esters is 1. The Morgan fingerprint density at radius 3 is 3.00 bits per heavy atom. The van der Waals surface area contributed by atoms with Crippen molar-refractivity contribution in [3.8, 4) is 0 Å². The molecule has 6 heteroatoms. The van der Waals surface area contributed by atoms with E-state index in [2.05, 4.69) is 21.3 Å². The minimum Gasteiger partial charge on any atom is -0.464 e. The molecule has 92 valence electrons. The summed E-state index contributed by atoms with van der Waals surface area (Å²) in [7, 11) is 1.28. The highest BCUT2D eigenvalue weighted by atomic mass is 16.5. The van der Waals surface area contributed by atoms with Gasteiger partial charge in [0.05, 0.1) is 26.1 Å². The average molecular weight is 237 g/mol. The normalized spacial score (nSPS) is 9.76. The van der Waals surface area contributed by atoms with E-state index < -0.39 is 5.97 Å². The van der Waals surface area contributed by atoms with Crippen LogP contribution in [0.4, 0.5) is 5.82 Å². The molecule has 1 heterocycles. The number of carbonyl (C=O) groups excluding carboxylic acids is 1. The van der Waals surface area contributed by atoms with Gasteiger partial charge in [-0.05, 0) is 0 Å². The molecule has 0 aliphatic carbocycles. The summed E-state index contributed by atoms with van der Waals surface area (Å²) in [6, 6.07) is 0. The van der Waals surface area contributed by atoms with Crippen LogP contribution in [-0.4, -0.2) is 47.8 Å². The quantitative estimate of drug-likeness (QED) is 0.564. The molecule has 1 aromatic rings. The molecule has 0 bridgehead atoms. The molecule has 1 aromatic heterocycles. The molecule has 0 saturated carbocycles. The summed E-state index contributed by atoms with van der Waals surface area (Å²) in [6.45, 7) is 4.51. The summed E-state index contributed by atoms with van der Waals surface area (Å²) in [5, 5.41) is 8.93. The third kappa shape index (κ3) is 3.53. The molecule has 0 fully saturated rings. The van der Waals surface area contributed by atoms with E-state index in [1.807, 2.05) is 0 Å². The Morgan fingerprint density at radius 1 is 1.65 bits per heavy atom. The van der Waals surface area contributed by atoms with Crippen molar-refractivity contribution in [2.45, 2.75) is 0 Å². The summed E-state index contributed by atoms with van der Waals surface area (Å²) < 4.78 is 4.56. The van der Waals surface area contributed by atoms with E-state index in [1.54, 1.807) is 11.0 Å². The minimum atomic E-state index is -0.540. The van der Waals surface area contributed by atoms with Crippen LogP contribution in [0.2, 0.25) is 0 Å². The number of nitrogens with zero attached hydrogens (tertiary/aromatic N) is 3. The highest BCUT2D eigenvalue weighted by molar-refractivity contribution is 5.87. The molecule has 0 unspecified atom stereocenters. The first-order valence-electron chi connectivity index (χ1n) is 5.10. The number of aliphatic hydroxyl groups is 1. The summed E-state index contributed by atoms with van der Waals surface area (Å²) in [6.07, 6.45) is 4.54. The predicted octanol–water partition coefficient (Wildman–Crippen LogP) is 0.248. The highest BCUT2D eigenvalue weighted by Crippen LogP contribution is 2.09. The molecule has 0 aromatic carbocycles. The van der Waals surface area contributed by atoms with Gasteiger partial charge in [0.2, 0.25) is 0 Å². The van der Waals surface area contributed by atoms with Crippen LogP contribution in [0.5, 0.6) is 0 Å². The fourth-order valence-electron chi connectivity index (χ4n) is 1.29. The number of rotatable bonds is 6. The van der Waals surface area contributed by atoms with E-state index in [1.165, 1.54) is 19.5 Å². The molecule has 0 saturated heterocycles. The van der Waals surface area contributed by atoms with Crippen molar-refractivity contribution >= 4 is 11.8 Å². The lowest BCUT2D eigenvalue weighted by Gasteiger charge is -2.20. The Bertz CT molecular complexity index is 395. The Morgan fingerprint density at radius 2 is 2.41 bits per heavy atom. The average Bonchev–Trinajstić information content (AvgIpc) is 2.37. The van der Waals surface area contributed by atoms with Crippen LogP contribution in [0.1, 0.15) is 10.5 Å². The lowest BCUT2D eigenvalue weighted by Crippen LogP contribution is -2.28. The zero-order chi connectivity index (χ0) is 12.7. The van der Waals surface area contributed by atoms with Crippen LogP contribution in [0, 0.1) is 0 Å². The van der Waals surface area contributed by atoms with E-state index >= 15 is 0 Å². The van der Waals surface area contributed by atoms with E-state index in [4.69, 9.17) is 5.11 Å². The van der Waals surface area contributed by atoms with E-state index in [0.717, 1.165) is 0 Å². The molecule has 0 atom stereocenters. The zero-order valence-corrected chi connectivity index (χ0v) is 9.67. The Kier molecular flexibility index (Phi) is 5.09. The van der Waals surface area contributed by atoms with Gasteiger partial charge in [0.1, 0.15) is 5.82 Å². The maximum atomic E-state index is 11.3. The smallest absolute Gasteiger partial charge is 0.358 e. The van der Waals surface area contributed by atoms with E-state index in [0.29, 0.717) is 18.9 Å². The SMILES string of the molecule is C=CCN(CCO)c1cncc(C(=O)OC)n1. The van der Waals surface area contributed by atoms with Gasteiger partial charge in [-0.2, -0.15) is 0 Å². The number of carbonyl (C=O) groups is 1. The van der Waals surface area contributed by atoms with Crippen molar-refractivity contribution in [3.63, 3.8) is 0 Å². The summed E-state index contributed by atoms with van der Waals surface area (Å²) in [5.74, 6) is -0.0382. The molecular weight excluding hydrogens is 222 g/mol. The van der Waals surface area contributed by atoms with Crippen molar-refractivity contribution in [3.05, 3.63) is 30.7 Å². The number of ether oxygens (including phenoxy) is 1. The van der Waals surface area contributed by atoms with Crippen LogP contribution in [0.15, 0.2) is 25.0 Å². The van der Waals surface area contributed by atoms with Gasteiger partial charge in [-0.1, -0.05) is 6.08 Å². The number of aromatic nitrogens is 2. The molecule has 0 amide bonds. The summed E-state index contributed by atoms with van der Waals surface area (Å²) in [5.41, 5.74) is 0.136. The van der Waals surface area contributed by atoms with Gasteiger partial charge in [0.25, 0.3) is 0 Å². The standard InChI is InChI=1S/C11H15N3O3/c1-3-4-14(5-6-15)10-8-12-7-9(13-10)11(16)17-2/h3,7-8,15H,1,4-6H2,2H3. The monoisotopic (exact) mass is 237 g/mol. The minimum absolute atomic E-state index is 0.0159. The van der Waals surface area contributed by atoms with Gasteiger partial charge < -0.3 is 14.7 Å². The first-order valence-corrected chi connectivity index (χ1v) is 5.10. The van der Waals surface area contributed by atoms with Crippen LogP contribution >= 0.6 is 0 Å². The molecule has 1 N–H and O–H groups in total. The van der Waals surface area contributed by atoms with Crippen molar-refractivity contribution in [2.75, 3.05) is 31.7 Å². The van der Waals surface area contributed by atoms with Crippen molar-refractivity contribution < 1.29 is 14.6 Å². The molecule has 0 aliphatic rings. The van der Waals surface area contributed by atoms with Crippen LogP contribution in [0.3, 0.4) is 0 Å². The Labute approximate surface area is 99.6 Å². The second kappa shape index (κ2) is 6.59. The Balaban J connectivity index is 2.94. The van der Waals surface area contributed by atoms with E-state index in [9.17, 15) is 4.79 Å². The number of hydrogen-bond acceptors (Lipinski definition) is 6. The molecule has 0 spiro atoms. The third-order valence-electron chi connectivity index (χ3n) is 2.06. The highest BCUT2D eigenvalue weighted by Gasteiger charge is 2.12. The van der Waals surface area contributed by atoms with Gasteiger partial charge in [0.15, 0.2) is 5.69 Å². The fourth-order valence-corrected chi connectivity index (χ4v) is 1.29. The number of aliphatic hydroxyl groups excluding tert-OH is 1. The second-order valence-corrected chi connectivity index (χ2v) is 3.21. The van der Waals surface area contributed by atoms with Gasteiger partial charge >= 0.3 is 5.97 Å². The van der Waals surface area contributed by atoms with Crippen LogP contribution in [0.25, 0.3) is 0 Å². The first kappa shape index (κ1) is 13.1. The number of hydrogen-bond donors (Lipinski definition) is 1. The molecule has 17 heavy (non-hydrogen) atoms. The molecule has 0 radical (unpaired) electrons. The topological polar surface area (TPSA) is 75.5 Å². The maximum Gasteiger partial charge on any atom is 0.358 e. The fraction of sp³-hybridized carbons (Fsp3) is 0.364. The number of anilines is 1. The van der Waals surface area contributed by atoms with Gasteiger partial charge in [-0.3, -0.25) is 4.98 Å². The van der Waals surface area contributed by atoms with Crippen molar-refractivity contribution in [1.82, 2.24) is 9.97 Å². The van der Waals surface area contributed by atoms with E-state index in [-0.39, 0.29) is 12.3 Å². The maximum absolute atomic E-state index is 11.3. The third-order valence-corrected chi connectivity index (χ3v) is 2.06. The lowest BCUT2D eigenvalue weighted by molar-refractivity contribution is 0.0593. The molecule has 1 rings (SSSR count). The Hall–Kier alpha value is -1.95. The number of methoxy groups -OCH3 is 1. The largest absolute Gasteiger partial charge is 0.464 e. The molecule has 6 nitrogen and oxygen atoms in total. The van der Waals surface area contributed by atoms with Crippen LogP contribution in [-0.2, 0) is 4.74 Å². The van der Waals surface area contributed by atoms with Crippen molar-refractivity contribution in [2.24, 2.45) is 0 Å². The van der Waals surface area contributed by atoms with Gasteiger partial charge in [-0.25, -0.2) is 9.78 Å².